The van der Waals surface area contributed by atoms with Crippen molar-refractivity contribution >= 4 is 39.9 Å². The van der Waals surface area contributed by atoms with Crippen LogP contribution in [0.4, 0.5) is 15.8 Å². The third-order valence-corrected chi connectivity index (χ3v) is 3.08. The van der Waals surface area contributed by atoms with E-state index in [0.717, 1.165) is 3.57 Å². The lowest BCUT2D eigenvalue weighted by molar-refractivity contribution is 0.0697. The van der Waals surface area contributed by atoms with Crippen LogP contribution in [0.2, 0.25) is 0 Å². The predicted molar refractivity (Wildman–Crippen MR) is 75.8 cm³/mol. The lowest BCUT2D eigenvalue weighted by atomic mass is 10.1. The summed E-state index contributed by atoms with van der Waals surface area (Å²) in [5.41, 5.74) is 0.530. The Morgan fingerprint density at radius 3 is 2.44 bits per heavy atom. The molecule has 0 aliphatic heterocycles. The van der Waals surface area contributed by atoms with Gasteiger partial charge in [0.05, 0.1) is 11.3 Å². The molecule has 2 aromatic carbocycles. The number of hydrogen-bond acceptors (Lipinski definition) is 2. The van der Waals surface area contributed by atoms with Gasteiger partial charge in [-0.05, 0) is 59.0 Å². The van der Waals surface area contributed by atoms with Crippen LogP contribution in [-0.2, 0) is 0 Å². The van der Waals surface area contributed by atoms with Crippen LogP contribution >= 0.6 is 22.6 Å². The highest BCUT2D eigenvalue weighted by molar-refractivity contribution is 14.1. The van der Waals surface area contributed by atoms with Gasteiger partial charge in [-0.15, -0.1) is 0 Å². The molecular formula is C13H9FINO2. The summed E-state index contributed by atoms with van der Waals surface area (Å²) in [5.74, 6) is -1.75. The van der Waals surface area contributed by atoms with Gasteiger partial charge in [0.1, 0.15) is 5.82 Å². The number of carboxylic acids is 1. The van der Waals surface area contributed by atoms with Crippen LogP contribution in [-0.4, -0.2) is 11.1 Å². The van der Waals surface area contributed by atoms with Crippen molar-refractivity contribution in [1.29, 1.82) is 0 Å². The van der Waals surface area contributed by atoms with E-state index in [9.17, 15) is 9.18 Å². The minimum Gasteiger partial charge on any atom is -0.478 e. The first-order valence-electron chi connectivity index (χ1n) is 5.12. The summed E-state index contributed by atoms with van der Waals surface area (Å²) in [5, 5.41) is 11.8. The number of carbonyl (C=O) groups is 1. The molecule has 0 saturated carbocycles. The van der Waals surface area contributed by atoms with E-state index in [4.69, 9.17) is 5.11 Å². The van der Waals surface area contributed by atoms with Crippen molar-refractivity contribution in [3.63, 3.8) is 0 Å². The Bertz CT molecular complexity index is 584. The van der Waals surface area contributed by atoms with E-state index in [1.54, 1.807) is 12.1 Å². The first kappa shape index (κ1) is 12.8. The van der Waals surface area contributed by atoms with Gasteiger partial charge in [-0.2, -0.15) is 0 Å². The lowest BCUT2D eigenvalue weighted by Crippen LogP contribution is -2.04. The van der Waals surface area contributed by atoms with Crippen LogP contribution in [0.25, 0.3) is 0 Å². The first-order chi connectivity index (χ1) is 8.58. The number of anilines is 2. The normalized spacial score (nSPS) is 10.1. The molecular weight excluding hydrogens is 348 g/mol. The van der Waals surface area contributed by atoms with E-state index in [2.05, 4.69) is 27.9 Å². The smallest absolute Gasteiger partial charge is 0.337 e. The van der Waals surface area contributed by atoms with Gasteiger partial charge in [0.15, 0.2) is 0 Å². The number of aromatic carboxylic acids is 1. The number of hydrogen-bond donors (Lipinski definition) is 2. The second-order valence-corrected chi connectivity index (χ2v) is 4.85. The summed E-state index contributed by atoms with van der Waals surface area (Å²) < 4.78 is 14.7. The van der Waals surface area contributed by atoms with E-state index in [1.165, 1.54) is 18.2 Å². The number of rotatable bonds is 3. The molecule has 3 nitrogen and oxygen atoms in total. The predicted octanol–water partition coefficient (Wildman–Crippen LogP) is 3.87. The molecule has 92 valence electrons. The van der Waals surface area contributed by atoms with E-state index in [-0.39, 0.29) is 11.3 Å². The zero-order chi connectivity index (χ0) is 13.1. The SMILES string of the molecule is O=C(O)c1cccc(F)c1Nc1ccc(I)cc1. The number of benzene rings is 2. The van der Waals surface area contributed by atoms with Crippen LogP contribution in [0.5, 0.6) is 0 Å². The molecule has 5 heteroatoms. The van der Waals surface area contributed by atoms with Crippen molar-refractivity contribution in [2.24, 2.45) is 0 Å². The van der Waals surface area contributed by atoms with Crippen LogP contribution in [0, 0.1) is 9.39 Å². The Kier molecular flexibility index (Phi) is 3.81. The van der Waals surface area contributed by atoms with Crippen LogP contribution < -0.4 is 5.32 Å². The highest BCUT2D eigenvalue weighted by Crippen LogP contribution is 2.24. The molecule has 0 bridgehead atoms. The Morgan fingerprint density at radius 1 is 1.17 bits per heavy atom. The molecule has 2 aromatic rings. The second kappa shape index (κ2) is 5.34. The topological polar surface area (TPSA) is 49.3 Å². The van der Waals surface area contributed by atoms with E-state index in [0.29, 0.717) is 5.69 Å². The minimum atomic E-state index is -1.16. The number of para-hydroxylation sites is 1. The first-order valence-corrected chi connectivity index (χ1v) is 6.20. The molecule has 0 aliphatic carbocycles. The zero-order valence-corrected chi connectivity index (χ0v) is 11.3. The van der Waals surface area contributed by atoms with E-state index >= 15 is 0 Å². The zero-order valence-electron chi connectivity index (χ0n) is 9.15. The molecule has 18 heavy (non-hydrogen) atoms. The Hall–Kier alpha value is -1.63. The molecule has 0 atom stereocenters. The number of nitrogens with one attached hydrogen (secondary N) is 1. The largest absolute Gasteiger partial charge is 0.478 e. The molecule has 0 saturated heterocycles. The van der Waals surface area contributed by atoms with Crippen LogP contribution in [0.3, 0.4) is 0 Å². The molecule has 0 heterocycles. The highest BCUT2D eigenvalue weighted by atomic mass is 127. The maximum atomic E-state index is 13.6. The molecule has 0 aromatic heterocycles. The molecule has 0 aliphatic rings. The van der Waals surface area contributed by atoms with Gasteiger partial charge in [0.25, 0.3) is 0 Å². The minimum absolute atomic E-state index is 0.0220. The lowest BCUT2D eigenvalue weighted by Gasteiger charge is -2.10. The Labute approximate surface area is 117 Å². The van der Waals surface area contributed by atoms with Crippen molar-refractivity contribution < 1.29 is 14.3 Å². The molecule has 2 N–H and O–H groups in total. The third kappa shape index (κ3) is 2.79. The summed E-state index contributed by atoms with van der Waals surface area (Å²) >= 11 is 2.16. The van der Waals surface area contributed by atoms with Gasteiger partial charge >= 0.3 is 5.97 Å². The van der Waals surface area contributed by atoms with Gasteiger partial charge in [0.2, 0.25) is 0 Å². The van der Waals surface area contributed by atoms with Crippen LogP contribution in [0.1, 0.15) is 10.4 Å². The molecule has 0 unspecified atom stereocenters. The van der Waals surface area contributed by atoms with Gasteiger partial charge in [-0.1, -0.05) is 6.07 Å². The average molecular weight is 357 g/mol. The fourth-order valence-corrected chi connectivity index (χ4v) is 1.87. The summed E-state index contributed by atoms with van der Waals surface area (Å²) in [4.78, 5) is 11.0. The van der Waals surface area contributed by atoms with Gasteiger partial charge in [0, 0.05) is 9.26 Å². The van der Waals surface area contributed by atoms with Crippen molar-refractivity contribution in [1.82, 2.24) is 0 Å². The van der Waals surface area contributed by atoms with Crippen molar-refractivity contribution in [2.75, 3.05) is 5.32 Å². The second-order valence-electron chi connectivity index (χ2n) is 3.60. The Balaban J connectivity index is 2.39. The molecule has 0 radical (unpaired) electrons. The highest BCUT2D eigenvalue weighted by Gasteiger charge is 2.14. The summed E-state index contributed by atoms with van der Waals surface area (Å²) in [6.07, 6.45) is 0. The molecule has 0 fully saturated rings. The van der Waals surface area contributed by atoms with Gasteiger partial charge < -0.3 is 10.4 Å². The fraction of sp³-hybridized carbons (Fsp3) is 0. The van der Waals surface area contributed by atoms with Gasteiger partial charge in [-0.25, -0.2) is 9.18 Å². The standard InChI is InChI=1S/C13H9FINO2/c14-11-3-1-2-10(13(17)18)12(11)16-9-6-4-8(15)5-7-9/h1-7,16H,(H,17,18). The molecule has 0 amide bonds. The van der Waals surface area contributed by atoms with Crippen molar-refractivity contribution in [2.45, 2.75) is 0 Å². The monoisotopic (exact) mass is 357 g/mol. The average Bonchev–Trinajstić information content (AvgIpc) is 2.34. The summed E-state index contributed by atoms with van der Waals surface area (Å²) in [6.45, 7) is 0. The summed E-state index contributed by atoms with van der Waals surface area (Å²) in [6, 6.07) is 11.2. The third-order valence-electron chi connectivity index (χ3n) is 2.36. The van der Waals surface area contributed by atoms with Crippen LogP contribution in [0.15, 0.2) is 42.5 Å². The van der Waals surface area contributed by atoms with Crippen molar-refractivity contribution in [3.05, 3.63) is 57.4 Å². The number of halogens is 2. The maximum absolute atomic E-state index is 13.6. The van der Waals surface area contributed by atoms with E-state index in [1.807, 2.05) is 12.1 Å². The van der Waals surface area contributed by atoms with Gasteiger partial charge in [-0.3, -0.25) is 0 Å². The quantitative estimate of drug-likeness (QED) is 0.820. The maximum Gasteiger partial charge on any atom is 0.337 e. The molecule has 0 spiro atoms. The number of carboxylic acid groups (broad SMARTS) is 1. The fourth-order valence-electron chi connectivity index (χ4n) is 1.51. The van der Waals surface area contributed by atoms with Crippen molar-refractivity contribution in [3.8, 4) is 0 Å². The molecule has 2 rings (SSSR count). The Morgan fingerprint density at radius 2 is 1.83 bits per heavy atom. The van der Waals surface area contributed by atoms with E-state index < -0.39 is 11.8 Å². The summed E-state index contributed by atoms with van der Waals surface area (Å²) in [7, 11) is 0.